The minimum atomic E-state index is -0.868. The van der Waals surface area contributed by atoms with Crippen molar-refractivity contribution in [2.24, 2.45) is 5.92 Å². The summed E-state index contributed by atoms with van der Waals surface area (Å²) < 4.78 is 5.13. The minimum Gasteiger partial charge on any atom is -0.480 e. The topological polar surface area (TPSA) is 49.8 Å². The van der Waals surface area contributed by atoms with Gasteiger partial charge < -0.3 is 9.84 Å². The van der Waals surface area contributed by atoms with E-state index in [1.807, 2.05) is 11.9 Å². The highest BCUT2D eigenvalue weighted by Crippen LogP contribution is 2.20. The van der Waals surface area contributed by atoms with Crippen LogP contribution in [0, 0.1) is 5.92 Å². The highest BCUT2D eigenvalue weighted by Gasteiger charge is 2.37. The molecule has 4 heteroatoms. The zero-order chi connectivity index (χ0) is 12.2. The summed E-state index contributed by atoms with van der Waals surface area (Å²) in [4.78, 5) is 13.0. The molecule has 0 aromatic heterocycles. The molecule has 0 spiro atoms. The Morgan fingerprint density at radius 3 is 2.20 bits per heavy atom. The van der Waals surface area contributed by atoms with Crippen molar-refractivity contribution in [3.63, 3.8) is 0 Å². The average Bonchev–Trinajstić information content (AvgIpc) is 2.12. The van der Waals surface area contributed by atoms with Gasteiger partial charge in [0.25, 0.3) is 0 Å². The van der Waals surface area contributed by atoms with Crippen molar-refractivity contribution < 1.29 is 14.6 Å². The first kappa shape index (κ1) is 14.4. The van der Waals surface area contributed by atoms with Gasteiger partial charge in [-0.1, -0.05) is 13.8 Å². The van der Waals surface area contributed by atoms with Crippen molar-refractivity contribution in [3.8, 4) is 0 Å². The Hall–Kier alpha value is -0.610. The molecule has 0 aliphatic heterocycles. The Morgan fingerprint density at radius 2 is 1.93 bits per heavy atom. The molecule has 1 unspecified atom stereocenters. The molecule has 0 rings (SSSR count). The lowest BCUT2D eigenvalue weighted by Gasteiger charge is -2.39. The third kappa shape index (κ3) is 3.47. The first-order valence-corrected chi connectivity index (χ1v) is 5.20. The van der Waals surface area contributed by atoms with Crippen LogP contribution in [-0.2, 0) is 9.53 Å². The Morgan fingerprint density at radius 1 is 1.47 bits per heavy atom. The average molecular weight is 217 g/mol. The molecule has 4 nitrogen and oxygen atoms in total. The van der Waals surface area contributed by atoms with E-state index in [4.69, 9.17) is 9.84 Å². The summed E-state index contributed by atoms with van der Waals surface area (Å²) in [5.41, 5.74) is -0.868. The van der Waals surface area contributed by atoms with E-state index in [1.165, 1.54) is 0 Å². The Labute approximate surface area is 92.2 Å². The van der Waals surface area contributed by atoms with Crippen LogP contribution in [0.5, 0.6) is 0 Å². The van der Waals surface area contributed by atoms with E-state index in [9.17, 15) is 4.79 Å². The molecule has 0 aliphatic rings. The summed E-state index contributed by atoms with van der Waals surface area (Å²) in [6, 6.07) is 0.112. The van der Waals surface area contributed by atoms with E-state index in [2.05, 4.69) is 13.8 Å². The maximum Gasteiger partial charge on any atom is 0.323 e. The lowest BCUT2D eigenvalue weighted by Crippen LogP contribution is -2.55. The monoisotopic (exact) mass is 217 g/mol. The number of methoxy groups -OCH3 is 1. The van der Waals surface area contributed by atoms with Crippen molar-refractivity contribution in [1.82, 2.24) is 4.90 Å². The van der Waals surface area contributed by atoms with Crippen LogP contribution >= 0.6 is 0 Å². The van der Waals surface area contributed by atoms with Crippen molar-refractivity contribution in [1.29, 1.82) is 0 Å². The number of rotatable bonds is 6. The van der Waals surface area contributed by atoms with Crippen LogP contribution in [0.4, 0.5) is 0 Å². The summed E-state index contributed by atoms with van der Waals surface area (Å²) in [6.07, 6.45) is 0. The fourth-order valence-electron chi connectivity index (χ4n) is 1.49. The van der Waals surface area contributed by atoms with Crippen LogP contribution in [0.25, 0.3) is 0 Å². The van der Waals surface area contributed by atoms with Crippen molar-refractivity contribution in [3.05, 3.63) is 0 Å². The maximum atomic E-state index is 11.1. The van der Waals surface area contributed by atoms with E-state index < -0.39 is 11.5 Å². The van der Waals surface area contributed by atoms with Crippen LogP contribution in [0.3, 0.4) is 0 Å². The molecule has 0 amide bonds. The molecule has 0 radical (unpaired) electrons. The number of hydrogen-bond donors (Lipinski definition) is 1. The van der Waals surface area contributed by atoms with Crippen LogP contribution in [0.15, 0.2) is 0 Å². The molecule has 0 aromatic rings. The maximum absolute atomic E-state index is 11.1. The zero-order valence-corrected chi connectivity index (χ0v) is 10.6. The number of aliphatic carboxylic acids is 1. The third-order valence-corrected chi connectivity index (χ3v) is 3.01. The van der Waals surface area contributed by atoms with Crippen LogP contribution < -0.4 is 0 Å². The molecule has 1 atom stereocenters. The second-order valence-corrected chi connectivity index (χ2v) is 4.74. The van der Waals surface area contributed by atoms with Gasteiger partial charge in [-0.2, -0.15) is 0 Å². The van der Waals surface area contributed by atoms with Gasteiger partial charge >= 0.3 is 5.97 Å². The second-order valence-electron chi connectivity index (χ2n) is 4.74. The number of nitrogens with zero attached hydrogens (tertiary/aromatic N) is 1. The van der Waals surface area contributed by atoms with E-state index in [-0.39, 0.29) is 6.04 Å². The van der Waals surface area contributed by atoms with Gasteiger partial charge in [-0.15, -0.1) is 0 Å². The summed E-state index contributed by atoms with van der Waals surface area (Å²) >= 11 is 0. The van der Waals surface area contributed by atoms with Gasteiger partial charge in [0.15, 0.2) is 0 Å². The highest BCUT2D eigenvalue weighted by molar-refractivity contribution is 5.77. The molecular formula is C11H23NO3. The smallest absolute Gasteiger partial charge is 0.323 e. The van der Waals surface area contributed by atoms with E-state index in [1.54, 1.807) is 21.0 Å². The number of likely N-dealkylation sites (N-methyl/N-ethyl adjacent to an activating group) is 1. The molecule has 0 aromatic carbocycles. The van der Waals surface area contributed by atoms with E-state index >= 15 is 0 Å². The van der Waals surface area contributed by atoms with E-state index in [0.717, 1.165) is 0 Å². The van der Waals surface area contributed by atoms with Crippen LogP contribution in [0.2, 0.25) is 0 Å². The van der Waals surface area contributed by atoms with Gasteiger partial charge in [-0.25, -0.2) is 0 Å². The van der Waals surface area contributed by atoms with Gasteiger partial charge in [0.2, 0.25) is 0 Å². The lowest BCUT2D eigenvalue weighted by molar-refractivity contribution is -0.151. The molecule has 90 valence electrons. The first-order valence-electron chi connectivity index (χ1n) is 5.20. The lowest BCUT2D eigenvalue weighted by atomic mass is 9.96. The predicted octanol–water partition coefficient (Wildman–Crippen LogP) is 1.45. The summed E-state index contributed by atoms with van der Waals surface area (Å²) in [5, 5.41) is 9.13. The molecule has 0 saturated carbocycles. The quantitative estimate of drug-likeness (QED) is 0.731. The molecule has 0 saturated heterocycles. The molecule has 1 N–H and O–H groups in total. The number of ether oxygens (including phenoxy) is 1. The summed E-state index contributed by atoms with van der Waals surface area (Å²) in [6.45, 7) is 8.10. The number of carbonyl (C=O) groups is 1. The van der Waals surface area contributed by atoms with Gasteiger partial charge in [-0.05, 0) is 26.8 Å². The fourth-order valence-corrected chi connectivity index (χ4v) is 1.49. The number of hydrogen-bond acceptors (Lipinski definition) is 3. The molecule has 0 heterocycles. The normalized spacial score (nSPS) is 14.7. The predicted molar refractivity (Wildman–Crippen MR) is 60.0 cm³/mol. The van der Waals surface area contributed by atoms with Crippen molar-refractivity contribution in [2.75, 3.05) is 20.8 Å². The minimum absolute atomic E-state index is 0.112. The third-order valence-electron chi connectivity index (χ3n) is 3.01. The molecule has 0 bridgehead atoms. The SMILES string of the molecule is COCC(C(C)C)N(C)C(C)(C)C(=O)O. The van der Waals surface area contributed by atoms with Crippen molar-refractivity contribution in [2.45, 2.75) is 39.3 Å². The molecule has 0 fully saturated rings. The number of carboxylic acids is 1. The Bertz CT molecular complexity index is 214. The van der Waals surface area contributed by atoms with Gasteiger partial charge in [0, 0.05) is 13.2 Å². The second kappa shape index (κ2) is 5.47. The first-order chi connectivity index (χ1) is 6.75. The Kier molecular flexibility index (Phi) is 5.24. The molecular weight excluding hydrogens is 194 g/mol. The largest absolute Gasteiger partial charge is 0.480 e. The zero-order valence-electron chi connectivity index (χ0n) is 10.6. The van der Waals surface area contributed by atoms with E-state index in [0.29, 0.717) is 12.5 Å². The van der Waals surface area contributed by atoms with Gasteiger partial charge in [-0.3, -0.25) is 9.69 Å². The van der Waals surface area contributed by atoms with Crippen LogP contribution in [-0.4, -0.2) is 48.3 Å². The van der Waals surface area contributed by atoms with Crippen molar-refractivity contribution >= 4 is 5.97 Å². The molecule has 0 aliphatic carbocycles. The molecule has 15 heavy (non-hydrogen) atoms. The highest BCUT2D eigenvalue weighted by atomic mass is 16.5. The Balaban J connectivity index is 4.76. The summed E-state index contributed by atoms with van der Waals surface area (Å²) in [7, 11) is 3.47. The van der Waals surface area contributed by atoms with Gasteiger partial charge in [0.05, 0.1) is 6.61 Å². The number of carboxylic acid groups (broad SMARTS) is 1. The summed E-state index contributed by atoms with van der Waals surface area (Å²) in [5.74, 6) is -0.458. The van der Waals surface area contributed by atoms with Gasteiger partial charge in [0.1, 0.15) is 5.54 Å². The standard InChI is InChI=1S/C11H23NO3/c1-8(2)9(7-15-6)12(5)11(3,4)10(13)14/h8-9H,7H2,1-6H3,(H,13,14). The van der Waals surface area contributed by atoms with Crippen LogP contribution in [0.1, 0.15) is 27.7 Å². The fraction of sp³-hybridized carbons (Fsp3) is 0.909.